The first-order chi connectivity index (χ1) is 13.1. The molecular weight excluding hydrogens is 360 g/mol. The highest BCUT2D eigenvalue weighted by Crippen LogP contribution is 2.28. The van der Waals surface area contributed by atoms with Crippen molar-refractivity contribution in [3.8, 4) is 0 Å². The zero-order valence-electron chi connectivity index (χ0n) is 15.2. The molecule has 8 heteroatoms. The average Bonchev–Trinajstić information content (AvgIpc) is 3.26. The lowest BCUT2D eigenvalue weighted by atomic mass is 10.3. The van der Waals surface area contributed by atoms with Crippen LogP contribution in [-0.2, 0) is 11.3 Å². The maximum Gasteiger partial charge on any atom is 0.250 e. The third kappa shape index (κ3) is 3.67. The number of rotatable bonds is 6. The van der Waals surface area contributed by atoms with E-state index in [2.05, 4.69) is 20.2 Å². The number of carbonyl (C=O) groups is 1. The molecule has 0 aliphatic rings. The van der Waals surface area contributed by atoms with Crippen molar-refractivity contribution in [2.24, 2.45) is 0 Å². The zero-order chi connectivity index (χ0) is 18.8. The third-order valence-electron chi connectivity index (χ3n) is 4.29. The van der Waals surface area contributed by atoms with Gasteiger partial charge in [0.1, 0.15) is 12.1 Å². The molecular formula is C19H20N6OS. The summed E-state index contributed by atoms with van der Waals surface area (Å²) >= 11 is 1.53. The largest absolute Gasteiger partial charge is 0.308 e. The Kier molecular flexibility index (Phi) is 4.83. The highest BCUT2D eigenvalue weighted by atomic mass is 32.1. The summed E-state index contributed by atoms with van der Waals surface area (Å²) in [6.45, 7) is 1.45. The van der Waals surface area contributed by atoms with Gasteiger partial charge < -0.3 is 4.90 Å². The minimum atomic E-state index is -0.0495. The predicted molar refractivity (Wildman–Crippen MR) is 108 cm³/mol. The summed E-state index contributed by atoms with van der Waals surface area (Å²) in [6.07, 6.45) is 0. The fourth-order valence-corrected chi connectivity index (χ4v) is 3.86. The zero-order valence-corrected chi connectivity index (χ0v) is 16.1. The van der Waals surface area contributed by atoms with Crippen molar-refractivity contribution < 1.29 is 4.79 Å². The van der Waals surface area contributed by atoms with Crippen molar-refractivity contribution >= 4 is 43.6 Å². The van der Waals surface area contributed by atoms with E-state index in [0.29, 0.717) is 11.7 Å². The van der Waals surface area contributed by atoms with Crippen molar-refractivity contribution in [3.05, 3.63) is 48.5 Å². The lowest BCUT2D eigenvalue weighted by molar-refractivity contribution is -0.119. The molecule has 0 atom stereocenters. The summed E-state index contributed by atoms with van der Waals surface area (Å²) in [5.41, 5.74) is 2.54. The van der Waals surface area contributed by atoms with E-state index in [0.717, 1.165) is 27.8 Å². The third-order valence-corrected chi connectivity index (χ3v) is 5.35. The SMILES string of the molecule is CN(C)CCN(C(=O)Cn1nnc2ccccc21)c1nc2ccccc2s1. The number of thiazole rings is 1. The van der Waals surface area contributed by atoms with E-state index >= 15 is 0 Å². The van der Waals surface area contributed by atoms with Gasteiger partial charge in [0.2, 0.25) is 0 Å². The van der Waals surface area contributed by atoms with Gasteiger partial charge in [0.15, 0.2) is 5.13 Å². The molecule has 0 saturated carbocycles. The van der Waals surface area contributed by atoms with Crippen LogP contribution in [0.1, 0.15) is 0 Å². The van der Waals surface area contributed by atoms with Crippen molar-refractivity contribution in [3.63, 3.8) is 0 Å². The number of fused-ring (bicyclic) bond motifs is 2. The first-order valence-corrected chi connectivity index (χ1v) is 9.52. The van der Waals surface area contributed by atoms with Crippen molar-refractivity contribution in [1.82, 2.24) is 24.9 Å². The van der Waals surface area contributed by atoms with Gasteiger partial charge in [0, 0.05) is 13.1 Å². The van der Waals surface area contributed by atoms with Crippen LogP contribution in [0.5, 0.6) is 0 Å². The molecule has 27 heavy (non-hydrogen) atoms. The minimum absolute atomic E-state index is 0.0495. The maximum absolute atomic E-state index is 13.1. The second-order valence-corrected chi connectivity index (χ2v) is 7.56. The Morgan fingerprint density at radius 3 is 2.56 bits per heavy atom. The van der Waals surface area contributed by atoms with Gasteiger partial charge in [-0.15, -0.1) is 5.10 Å². The van der Waals surface area contributed by atoms with Gasteiger partial charge in [-0.1, -0.05) is 40.8 Å². The molecule has 4 aromatic rings. The number of para-hydroxylation sites is 2. The summed E-state index contributed by atoms with van der Waals surface area (Å²) in [7, 11) is 3.98. The lowest BCUT2D eigenvalue weighted by Gasteiger charge is -2.22. The second kappa shape index (κ2) is 7.42. The maximum atomic E-state index is 13.1. The summed E-state index contributed by atoms with van der Waals surface area (Å²) < 4.78 is 2.72. The molecule has 7 nitrogen and oxygen atoms in total. The molecule has 2 aromatic carbocycles. The van der Waals surface area contributed by atoms with Crippen LogP contribution < -0.4 is 4.90 Å². The molecule has 0 fully saturated rings. The number of nitrogens with zero attached hydrogens (tertiary/aromatic N) is 6. The van der Waals surface area contributed by atoms with E-state index in [1.54, 1.807) is 9.58 Å². The molecule has 0 radical (unpaired) electrons. The molecule has 4 rings (SSSR count). The normalized spacial score (nSPS) is 11.5. The van der Waals surface area contributed by atoms with Gasteiger partial charge in [0.05, 0.1) is 15.7 Å². The summed E-state index contributed by atoms with van der Waals surface area (Å²) in [5, 5.41) is 8.99. The standard InChI is InChI=1S/C19H20N6OS/c1-23(2)11-12-24(19-20-15-8-4-6-10-17(15)27-19)18(26)13-25-16-9-5-3-7-14(16)21-22-25/h3-10H,11-13H2,1-2H3. The molecule has 0 N–H and O–H groups in total. The van der Waals surface area contributed by atoms with Gasteiger partial charge in [0.25, 0.3) is 5.91 Å². The van der Waals surface area contributed by atoms with E-state index in [1.165, 1.54) is 11.3 Å². The molecule has 0 aliphatic heterocycles. The highest BCUT2D eigenvalue weighted by molar-refractivity contribution is 7.22. The number of benzene rings is 2. The van der Waals surface area contributed by atoms with Gasteiger partial charge in [-0.2, -0.15) is 0 Å². The second-order valence-electron chi connectivity index (χ2n) is 6.55. The smallest absolute Gasteiger partial charge is 0.250 e. The Hall–Kier alpha value is -2.84. The summed E-state index contributed by atoms with van der Waals surface area (Å²) in [6, 6.07) is 15.6. The van der Waals surface area contributed by atoms with Crippen LogP contribution in [0.3, 0.4) is 0 Å². The van der Waals surface area contributed by atoms with Gasteiger partial charge in [-0.25, -0.2) is 9.67 Å². The Morgan fingerprint density at radius 1 is 1.04 bits per heavy atom. The van der Waals surface area contributed by atoms with Crippen LogP contribution in [0.15, 0.2) is 48.5 Å². The Morgan fingerprint density at radius 2 is 1.78 bits per heavy atom. The Labute approximate surface area is 160 Å². The van der Waals surface area contributed by atoms with Crippen LogP contribution in [0.25, 0.3) is 21.3 Å². The van der Waals surface area contributed by atoms with Crippen LogP contribution in [0, 0.1) is 0 Å². The van der Waals surface area contributed by atoms with Crippen LogP contribution in [-0.4, -0.2) is 58.0 Å². The molecule has 0 spiro atoms. The number of hydrogen-bond donors (Lipinski definition) is 0. The van der Waals surface area contributed by atoms with Crippen molar-refractivity contribution in [1.29, 1.82) is 0 Å². The molecule has 0 unspecified atom stereocenters. The van der Waals surface area contributed by atoms with Gasteiger partial charge in [-0.3, -0.25) is 9.69 Å². The monoisotopic (exact) mass is 380 g/mol. The van der Waals surface area contributed by atoms with E-state index in [9.17, 15) is 4.79 Å². The molecule has 2 heterocycles. The topological polar surface area (TPSA) is 67.2 Å². The fourth-order valence-electron chi connectivity index (χ4n) is 2.85. The van der Waals surface area contributed by atoms with E-state index < -0.39 is 0 Å². The molecule has 0 saturated heterocycles. The highest BCUT2D eigenvalue weighted by Gasteiger charge is 2.21. The van der Waals surface area contributed by atoms with Crippen molar-refractivity contribution in [2.75, 3.05) is 32.1 Å². The number of hydrogen-bond acceptors (Lipinski definition) is 6. The van der Waals surface area contributed by atoms with Gasteiger partial charge >= 0.3 is 0 Å². The number of aromatic nitrogens is 4. The first-order valence-electron chi connectivity index (χ1n) is 8.71. The number of carbonyl (C=O) groups excluding carboxylic acids is 1. The van der Waals surface area contributed by atoms with Crippen LogP contribution >= 0.6 is 11.3 Å². The Bertz CT molecular complexity index is 1050. The van der Waals surface area contributed by atoms with Crippen LogP contribution in [0.2, 0.25) is 0 Å². The minimum Gasteiger partial charge on any atom is -0.308 e. The number of amides is 1. The van der Waals surface area contributed by atoms with E-state index in [4.69, 9.17) is 0 Å². The lowest BCUT2D eigenvalue weighted by Crippen LogP contribution is -2.38. The van der Waals surface area contributed by atoms with E-state index in [1.807, 2.05) is 62.6 Å². The molecule has 0 aliphatic carbocycles. The van der Waals surface area contributed by atoms with Crippen LogP contribution in [0.4, 0.5) is 5.13 Å². The average molecular weight is 380 g/mol. The quantitative estimate of drug-likeness (QED) is 0.514. The molecule has 2 aromatic heterocycles. The molecule has 138 valence electrons. The Balaban J connectivity index is 1.64. The summed E-state index contributed by atoms with van der Waals surface area (Å²) in [4.78, 5) is 21.6. The molecule has 1 amide bonds. The van der Waals surface area contributed by atoms with E-state index in [-0.39, 0.29) is 12.5 Å². The number of likely N-dealkylation sites (N-methyl/N-ethyl adjacent to an activating group) is 1. The number of anilines is 1. The first kappa shape index (κ1) is 17.6. The molecule has 0 bridgehead atoms. The summed E-state index contributed by atoms with van der Waals surface area (Å²) in [5.74, 6) is -0.0495. The van der Waals surface area contributed by atoms with Crippen molar-refractivity contribution in [2.45, 2.75) is 6.54 Å². The predicted octanol–water partition coefficient (Wildman–Crippen LogP) is 2.64. The fraction of sp³-hybridized carbons (Fsp3) is 0.263. The van der Waals surface area contributed by atoms with Gasteiger partial charge in [-0.05, 0) is 38.4 Å².